The van der Waals surface area contributed by atoms with Crippen molar-refractivity contribution in [1.82, 2.24) is 4.98 Å². The summed E-state index contributed by atoms with van der Waals surface area (Å²) in [5.74, 6) is -0.623. The first kappa shape index (κ1) is 17.5. The van der Waals surface area contributed by atoms with Crippen LogP contribution in [0.2, 0.25) is 0 Å². The number of rotatable bonds is 6. The van der Waals surface area contributed by atoms with Crippen LogP contribution in [0.1, 0.15) is 11.3 Å². The van der Waals surface area contributed by atoms with Crippen LogP contribution < -0.4 is 4.74 Å². The molecule has 0 spiro atoms. The summed E-state index contributed by atoms with van der Waals surface area (Å²) in [7, 11) is 0. The van der Waals surface area contributed by atoms with Crippen molar-refractivity contribution < 1.29 is 23.0 Å². The van der Waals surface area contributed by atoms with Crippen LogP contribution in [0, 0.1) is 0 Å². The second kappa shape index (κ2) is 8.20. The summed E-state index contributed by atoms with van der Waals surface area (Å²) in [6.45, 7) is -3.11. The number of carbonyl (C=O) groups is 1. The number of hydrogen-bond acceptors (Lipinski definition) is 4. The standard InChI is InChI=1S/C20H15F2NO3/c21-20(22)26-18-8-4-2-6-15(18)13-25-19(24)12-11-16-10-9-14-5-1-3-7-17(14)23-16/h1-12,20H,13H2/b12-11+. The van der Waals surface area contributed by atoms with Gasteiger partial charge >= 0.3 is 12.6 Å². The van der Waals surface area contributed by atoms with E-state index in [0.29, 0.717) is 11.3 Å². The molecule has 0 aliphatic rings. The van der Waals surface area contributed by atoms with Crippen molar-refractivity contribution in [1.29, 1.82) is 0 Å². The zero-order valence-electron chi connectivity index (χ0n) is 13.6. The molecule has 0 aliphatic carbocycles. The molecule has 6 heteroatoms. The topological polar surface area (TPSA) is 48.4 Å². The Morgan fingerprint density at radius 2 is 1.81 bits per heavy atom. The third-order valence-corrected chi connectivity index (χ3v) is 3.57. The van der Waals surface area contributed by atoms with Gasteiger partial charge in [-0.2, -0.15) is 8.78 Å². The highest BCUT2D eigenvalue weighted by atomic mass is 19.3. The molecule has 3 rings (SSSR count). The number of benzene rings is 2. The van der Waals surface area contributed by atoms with Gasteiger partial charge < -0.3 is 9.47 Å². The summed E-state index contributed by atoms with van der Waals surface area (Å²) in [5.41, 5.74) is 1.79. The molecular weight excluding hydrogens is 340 g/mol. The molecule has 0 radical (unpaired) electrons. The van der Waals surface area contributed by atoms with Gasteiger partial charge in [-0.25, -0.2) is 9.78 Å². The molecule has 1 aromatic heterocycles. The minimum atomic E-state index is -2.94. The molecule has 0 bridgehead atoms. The predicted molar refractivity (Wildman–Crippen MR) is 93.6 cm³/mol. The molecule has 132 valence electrons. The van der Waals surface area contributed by atoms with Crippen molar-refractivity contribution in [3.63, 3.8) is 0 Å². The maximum Gasteiger partial charge on any atom is 0.387 e. The van der Waals surface area contributed by atoms with E-state index in [1.54, 1.807) is 24.3 Å². The molecule has 0 unspecified atom stereocenters. The van der Waals surface area contributed by atoms with Crippen molar-refractivity contribution >= 4 is 22.9 Å². The first-order valence-corrected chi connectivity index (χ1v) is 7.85. The Kier molecular flexibility index (Phi) is 5.53. The molecular formula is C20H15F2NO3. The number of ether oxygens (including phenoxy) is 2. The number of fused-ring (bicyclic) bond motifs is 1. The Morgan fingerprint density at radius 1 is 1.04 bits per heavy atom. The fraction of sp³-hybridized carbons (Fsp3) is 0.100. The Labute approximate surface area is 148 Å². The molecule has 0 amide bonds. The van der Waals surface area contributed by atoms with Gasteiger partial charge in [0.25, 0.3) is 0 Å². The average molecular weight is 355 g/mol. The number of para-hydroxylation sites is 2. The van der Waals surface area contributed by atoms with Gasteiger partial charge in [0, 0.05) is 17.0 Å². The summed E-state index contributed by atoms with van der Waals surface area (Å²) >= 11 is 0. The van der Waals surface area contributed by atoms with Crippen molar-refractivity contribution in [3.05, 3.63) is 78.0 Å². The van der Waals surface area contributed by atoms with Crippen molar-refractivity contribution in [2.75, 3.05) is 0 Å². The van der Waals surface area contributed by atoms with Crippen LogP contribution in [0.15, 0.2) is 66.7 Å². The van der Waals surface area contributed by atoms with Crippen LogP contribution in [0.5, 0.6) is 5.75 Å². The Bertz CT molecular complexity index is 941. The highest BCUT2D eigenvalue weighted by Gasteiger charge is 2.10. The molecule has 0 atom stereocenters. The SMILES string of the molecule is O=C(/C=C/c1ccc2ccccc2n1)OCc1ccccc1OC(F)F. The first-order valence-electron chi connectivity index (χ1n) is 7.85. The molecule has 0 saturated heterocycles. The van der Waals surface area contributed by atoms with E-state index >= 15 is 0 Å². The van der Waals surface area contributed by atoms with Crippen LogP contribution in [0.4, 0.5) is 8.78 Å². The van der Waals surface area contributed by atoms with Crippen LogP contribution in [-0.2, 0) is 16.1 Å². The monoisotopic (exact) mass is 355 g/mol. The molecule has 1 heterocycles. The molecule has 2 aromatic carbocycles. The number of aromatic nitrogens is 1. The van der Waals surface area contributed by atoms with Crippen LogP contribution in [0.25, 0.3) is 17.0 Å². The fourth-order valence-corrected chi connectivity index (χ4v) is 2.36. The lowest BCUT2D eigenvalue weighted by Gasteiger charge is -2.10. The smallest absolute Gasteiger partial charge is 0.387 e. The van der Waals surface area contributed by atoms with Crippen LogP contribution >= 0.6 is 0 Å². The van der Waals surface area contributed by atoms with E-state index in [2.05, 4.69) is 9.72 Å². The van der Waals surface area contributed by atoms with E-state index in [4.69, 9.17) is 4.74 Å². The lowest BCUT2D eigenvalue weighted by molar-refractivity contribution is -0.139. The van der Waals surface area contributed by atoms with E-state index in [9.17, 15) is 13.6 Å². The molecule has 0 aliphatic heterocycles. The highest BCUT2D eigenvalue weighted by Crippen LogP contribution is 2.21. The van der Waals surface area contributed by atoms with E-state index in [-0.39, 0.29) is 12.4 Å². The fourth-order valence-electron chi connectivity index (χ4n) is 2.36. The third-order valence-electron chi connectivity index (χ3n) is 3.57. The molecule has 0 saturated carbocycles. The molecule has 26 heavy (non-hydrogen) atoms. The number of hydrogen-bond donors (Lipinski definition) is 0. The van der Waals surface area contributed by atoms with E-state index < -0.39 is 12.6 Å². The van der Waals surface area contributed by atoms with Gasteiger partial charge in [0.2, 0.25) is 0 Å². The van der Waals surface area contributed by atoms with Gasteiger partial charge in [-0.15, -0.1) is 0 Å². The van der Waals surface area contributed by atoms with E-state index in [0.717, 1.165) is 10.9 Å². The van der Waals surface area contributed by atoms with Gasteiger partial charge in [-0.1, -0.05) is 42.5 Å². The minimum absolute atomic E-state index is 0.0181. The Morgan fingerprint density at radius 3 is 2.65 bits per heavy atom. The van der Waals surface area contributed by atoms with Crippen LogP contribution in [0.3, 0.4) is 0 Å². The van der Waals surface area contributed by atoms with Gasteiger partial charge in [0.15, 0.2) is 0 Å². The quantitative estimate of drug-likeness (QED) is 0.479. The Balaban J connectivity index is 1.62. The van der Waals surface area contributed by atoms with E-state index in [1.807, 2.05) is 30.3 Å². The number of esters is 1. The summed E-state index contributed by atoms with van der Waals surface area (Å²) in [6.07, 6.45) is 2.78. The number of alkyl halides is 2. The Hall–Kier alpha value is -3.28. The predicted octanol–water partition coefficient (Wildman–Crippen LogP) is 4.59. The highest BCUT2D eigenvalue weighted by molar-refractivity contribution is 5.87. The third kappa shape index (κ3) is 4.63. The first-order chi connectivity index (χ1) is 12.6. The number of nitrogens with zero attached hydrogens (tertiary/aromatic N) is 1. The maximum atomic E-state index is 12.4. The summed E-state index contributed by atoms with van der Waals surface area (Å²) in [4.78, 5) is 16.3. The van der Waals surface area contributed by atoms with Crippen molar-refractivity contribution in [3.8, 4) is 5.75 Å². The minimum Gasteiger partial charge on any atom is -0.458 e. The molecule has 0 N–H and O–H groups in total. The molecule has 4 nitrogen and oxygen atoms in total. The molecule has 3 aromatic rings. The zero-order chi connectivity index (χ0) is 18.4. The summed E-state index contributed by atoms with van der Waals surface area (Å²) in [5, 5.41) is 1.00. The zero-order valence-corrected chi connectivity index (χ0v) is 13.6. The lowest BCUT2D eigenvalue weighted by atomic mass is 10.2. The van der Waals surface area contributed by atoms with Gasteiger partial charge in [-0.05, 0) is 24.3 Å². The number of halogens is 2. The second-order valence-corrected chi connectivity index (χ2v) is 5.36. The normalized spacial score (nSPS) is 11.2. The summed E-state index contributed by atoms with van der Waals surface area (Å²) in [6, 6.07) is 17.5. The van der Waals surface area contributed by atoms with Gasteiger partial charge in [-0.3, -0.25) is 0 Å². The largest absolute Gasteiger partial charge is 0.458 e. The molecule has 0 fully saturated rings. The van der Waals surface area contributed by atoms with Crippen molar-refractivity contribution in [2.45, 2.75) is 13.2 Å². The van der Waals surface area contributed by atoms with E-state index in [1.165, 1.54) is 18.2 Å². The van der Waals surface area contributed by atoms with Crippen LogP contribution in [-0.4, -0.2) is 17.6 Å². The summed E-state index contributed by atoms with van der Waals surface area (Å²) < 4.78 is 34.2. The van der Waals surface area contributed by atoms with Gasteiger partial charge in [0.05, 0.1) is 11.2 Å². The lowest BCUT2D eigenvalue weighted by Crippen LogP contribution is -2.06. The van der Waals surface area contributed by atoms with Gasteiger partial charge in [0.1, 0.15) is 12.4 Å². The number of pyridine rings is 1. The van der Waals surface area contributed by atoms with Crippen molar-refractivity contribution in [2.24, 2.45) is 0 Å². The average Bonchev–Trinajstić information content (AvgIpc) is 2.65. The second-order valence-electron chi connectivity index (χ2n) is 5.36. The maximum absolute atomic E-state index is 12.4. The number of carbonyl (C=O) groups excluding carboxylic acids is 1.